The molecule has 0 unspecified atom stereocenters. The molecule has 0 nitrogen and oxygen atoms in total. The van der Waals surface area contributed by atoms with E-state index in [1.54, 1.807) is 8.87 Å². The van der Waals surface area contributed by atoms with Crippen LogP contribution in [0.15, 0.2) is 0 Å². The van der Waals surface area contributed by atoms with Gasteiger partial charge in [0.2, 0.25) is 0 Å². The van der Waals surface area contributed by atoms with Crippen molar-refractivity contribution in [1.82, 2.24) is 0 Å². The van der Waals surface area contributed by atoms with Crippen molar-refractivity contribution in [2.24, 2.45) is 0 Å². The molecule has 0 aromatic carbocycles. The van der Waals surface area contributed by atoms with Crippen LogP contribution in [0.3, 0.4) is 0 Å². The van der Waals surface area contributed by atoms with E-state index in [-0.39, 0.29) is 48.1 Å². The standard InChI is InChI=1S/2C4H9.2S.Sn/c2*1-3-4-2;;;/h2*1,3-4H2,2H3;;;. The molecule has 11 heavy (non-hydrogen) atoms. The Balaban J connectivity index is -0.000000320. The second kappa shape index (κ2) is 17.5. The molecule has 0 aromatic heterocycles. The maximum Gasteiger partial charge on any atom is 0 e. The molecule has 0 amide bonds. The molecule has 0 aliphatic carbocycles. The molecule has 0 bridgehead atoms. The topological polar surface area (TPSA) is 0 Å². The summed E-state index contributed by atoms with van der Waals surface area (Å²) in [6.45, 7) is 4.58. The first-order valence-electron chi connectivity index (χ1n) is 4.12. The van der Waals surface area contributed by atoms with E-state index in [2.05, 4.69) is 13.8 Å². The van der Waals surface area contributed by atoms with Crippen molar-refractivity contribution >= 4 is 48.1 Å². The minimum atomic E-state index is 0. The van der Waals surface area contributed by atoms with Gasteiger partial charge >= 0.3 is 69.5 Å². The molecule has 0 heterocycles. The summed E-state index contributed by atoms with van der Waals surface area (Å²) in [5.74, 6) is 0. The third kappa shape index (κ3) is 18.5. The molecule has 0 aromatic rings. The van der Waals surface area contributed by atoms with Crippen LogP contribution in [0.2, 0.25) is 8.87 Å². The minimum Gasteiger partial charge on any atom is 0 e. The van der Waals surface area contributed by atoms with Crippen LogP contribution in [-0.2, 0) is 0 Å². The maximum absolute atomic E-state index is 2.29. The zero-order chi connectivity index (χ0) is 6.95. The van der Waals surface area contributed by atoms with Crippen LogP contribution in [0.4, 0.5) is 0 Å². The van der Waals surface area contributed by atoms with Gasteiger partial charge in [-0.1, -0.05) is 0 Å². The fraction of sp³-hybridized carbons (Fsp3) is 1.00. The van der Waals surface area contributed by atoms with Gasteiger partial charge in [-0.3, -0.25) is 0 Å². The molecular weight excluding hydrogens is 279 g/mol. The first-order valence-corrected chi connectivity index (χ1v) is 8.16. The van der Waals surface area contributed by atoms with Gasteiger partial charge in [-0.2, -0.15) is 0 Å². The van der Waals surface area contributed by atoms with Crippen LogP contribution in [0.5, 0.6) is 0 Å². The van der Waals surface area contributed by atoms with Gasteiger partial charge in [-0.15, -0.1) is 0 Å². The summed E-state index contributed by atoms with van der Waals surface area (Å²) in [5.41, 5.74) is 0. The van der Waals surface area contributed by atoms with Gasteiger partial charge in [0, 0.05) is 27.0 Å². The summed E-state index contributed by atoms with van der Waals surface area (Å²) in [6, 6.07) is 0. The van der Waals surface area contributed by atoms with Crippen molar-refractivity contribution in [3.63, 3.8) is 0 Å². The van der Waals surface area contributed by atoms with Gasteiger partial charge in [0.1, 0.15) is 0 Å². The first kappa shape index (κ1) is 18.3. The summed E-state index contributed by atoms with van der Waals surface area (Å²) >= 11 is 0.149. The van der Waals surface area contributed by atoms with Crippen molar-refractivity contribution in [2.75, 3.05) is 0 Å². The van der Waals surface area contributed by atoms with E-state index < -0.39 is 0 Å². The maximum atomic E-state index is 2.29. The van der Waals surface area contributed by atoms with Gasteiger partial charge in [-0.25, -0.2) is 0 Å². The zero-order valence-corrected chi connectivity index (χ0v) is 12.0. The summed E-state index contributed by atoms with van der Waals surface area (Å²) in [5, 5.41) is 0. The molecule has 6 radical (unpaired) electrons. The number of hydrogen-bond donors (Lipinski definition) is 0. The summed E-state index contributed by atoms with van der Waals surface area (Å²) in [7, 11) is 0. The van der Waals surface area contributed by atoms with E-state index in [0.29, 0.717) is 0 Å². The van der Waals surface area contributed by atoms with Gasteiger partial charge in [-0.05, 0) is 0 Å². The normalized spacial score (nSPS) is 8.18. The number of hydrogen-bond acceptors (Lipinski definition) is 0. The largest absolute Gasteiger partial charge is 0 e. The van der Waals surface area contributed by atoms with Gasteiger partial charge < -0.3 is 0 Å². The average molecular weight is 297 g/mol. The molecule has 0 fully saturated rings. The molecule has 0 aliphatic rings. The zero-order valence-electron chi connectivity index (χ0n) is 7.56. The average Bonchev–Trinajstić information content (AvgIpc) is 1.89. The van der Waals surface area contributed by atoms with E-state index in [9.17, 15) is 0 Å². The monoisotopic (exact) mass is 298 g/mol. The predicted octanol–water partition coefficient (Wildman–Crippen LogP) is 4.42. The van der Waals surface area contributed by atoms with Gasteiger partial charge in [0.15, 0.2) is 0 Å². The molecule has 3 heteroatoms. The Morgan fingerprint density at radius 1 is 0.818 bits per heavy atom. The van der Waals surface area contributed by atoms with Gasteiger partial charge in [0.05, 0.1) is 0 Å². The van der Waals surface area contributed by atoms with Crippen molar-refractivity contribution < 1.29 is 0 Å². The predicted molar refractivity (Wildman–Crippen MR) is 60.4 cm³/mol. The van der Waals surface area contributed by atoms with E-state index in [0.717, 1.165) is 0 Å². The molecule has 0 atom stereocenters. The SMILES string of the molecule is CCC[CH2][Sn][CH2]CCC.[S].[S]. The van der Waals surface area contributed by atoms with Crippen LogP contribution in [-0.4, -0.2) is 21.1 Å². The van der Waals surface area contributed by atoms with E-state index >= 15 is 0 Å². The Kier molecular flexibility index (Phi) is 29.2. The smallest absolute Gasteiger partial charge is 0 e. The molecule has 0 aliphatic heterocycles. The van der Waals surface area contributed by atoms with Crippen LogP contribution >= 0.6 is 27.0 Å². The van der Waals surface area contributed by atoms with Crippen molar-refractivity contribution in [1.29, 1.82) is 0 Å². The van der Waals surface area contributed by atoms with Crippen molar-refractivity contribution in [3.8, 4) is 0 Å². The number of unbranched alkanes of at least 4 members (excludes halogenated alkanes) is 2. The summed E-state index contributed by atoms with van der Waals surface area (Å²) < 4.78 is 3.25. The molecule has 66 valence electrons. The van der Waals surface area contributed by atoms with Crippen LogP contribution in [0.1, 0.15) is 39.5 Å². The first-order chi connectivity index (χ1) is 4.41. The minimum absolute atomic E-state index is 0. The Morgan fingerprint density at radius 2 is 1.18 bits per heavy atom. The summed E-state index contributed by atoms with van der Waals surface area (Å²) in [6.07, 6.45) is 5.84. The molecular formula is C8H18S2Sn. The van der Waals surface area contributed by atoms with Crippen LogP contribution in [0.25, 0.3) is 0 Å². The second-order valence-corrected chi connectivity index (χ2v) is 6.74. The fourth-order valence-corrected chi connectivity index (χ4v) is 4.89. The van der Waals surface area contributed by atoms with E-state index in [1.165, 1.54) is 25.7 Å². The Hall–Kier alpha value is 1.50. The van der Waals surface area contributed by atoms with Crippen molar-refractivity contribution in [2.45, 2.75) is 48.4 Å². The molecule has 0 spiro atoms. The van der Waals surface area contributed by atoms with Crippen LogP contribution in [0, 0.1) is 0 Å². The Bertz CT molecular complexity index is 45.4. The third-order valence-corrected chi connectivity index (χ3v) is 5.45. The van der Waals surface area contributed by atoms with E-state index in [1.807, 2.05) is 0 Å². The Morgan fingerprint density at radius 3 is 1.45 bits per heavy atom. The molecule has 0 saturated heterocycles. The molecule has 0 rings (SSSR count). The second-order valence-electron chi connectivity index (χ2n) is 2.46. The quantitative estimate of drug-likeness (QED) is 0.503. The summed E-state index contributed by atoms with van der Waals surface area (Å²) in [4.78, 5) is 0. The van der Waals surface area contributed by atoms with Crippen LogP contribution < -0.4 is 0 Å². The third-order valence-electron chi connectivity index (χ3n) is 1.41. The van der Waals surface area contributed by atoms with Gasteiger partial charge in [0.25, 0.3) is 0 Å². The number of rotatable bonds is 6. The Labute approximate surface area is 96.0 Å². The van der Waals surface area contributed by atoms with E-state index in [4.69, 9.17) is 0 Å². The molecule has 0 N–H and O–H groups in total. The fourth-order valence-electron chi connectivity index (χ4n) is 0.729. The van der Waals surface area contributed by atoms with Crippen molar-refractivity contribution in [3.05, 3.63) is 0 Å². The molecule has 0 saturated carbocycles.